The summed E-state index contributed by atoms with van der Waals surface area (Å²) in [5.41, 5.74) is 10.8. The van der Waals surface area contributed by atoms with Crippen LogP contribution in [0.2, 0.25) is 0 Å². The Bertz CT molecular complexity index is 1170. The van der Waals surface area contributed by atoms with Gasteiger partial charge in [0, 0.05) is 17.8 Å². The molecule has 0 amide bonds. The molecule has 1 aliphatic heterocycles. The summed E-state index contributed by atoms with van der Waals surface area (Å²) in [6, 6.07) is 11.8. The molecule has 0 spiro atoms. The maximum atomic E-state index is 6.70. The molecule has 5 rings (SSSR count). The van der Waals surface area contributed by atoms with Crippen molar-refractivity contribution in [2.75, 3.05) is 19.0 Å². The molecule has 158 valence electrons. The van der Waals surface area contributed by atoms with Crippen LogP contribution in [0, 0.1) is 13.8 Å². The third-order valence-electron chi connectivity index (χ3n) is 5.75. The van der Waals surface area contributed by atoms with E-state index in [1.54, 1.807) is 7.11 Å². The molecule has 2 atom stereocenters. The van der Waals surface area contributed by atoms with E-state index >= 15 is 0 Å². The highest BCUT2D eigenvalue weighted by Crippen LogP contribution is 2.40. The molecule has 7 heteroatoms. The van der Waals surface area contributed by atoms with E-state index in [0.717, 1.165) is 45.5 Å². The Morgan fingerprint density at radius 2 is 1.94 bits per heavy atom. The Morgan fingerprint density at radius 3 is 2.71 bits per heavy atom. The Kier molecular flexibility index (Phi) is 4.63. The predicted octanol–water partition coefficient (Wildman–Crippen LogP) is 3.47. The maximum Gasteiger partial charge on any atom is 0.152 e. The third-order valence-corrected chi connectivity index (χ3v) is 5.75. The van der Waals surface area contributed by atoms with Gasteiger partial charge in [-0.2, -0.15) is 0 Å². The van der Waals surface area contributed by atoms with Gasteiger partial charge in [0.25, 0.3) is 0 Å². The zero-order valence-electron chi connectivity index (χ0n) is 17.8. The smallest absolute Gasteiger partial charge is 0.152 e. The number of pyridine rings is 1. The lowest BCUT2D eigenvalue weighted by molar-refractivity contribution is 0.339. The Hall–Kier alpha value is -3.45. The van der Waals surface area contributed by atoms with Gasteiger partial charge in [-0.15, -0.1) is 0 Å². The molecule has 0 bridgehead atoms. The van der Waals surface area contributed by atoms with Crippen LogP contribution in [0.1, 0.15) is 40.1 Å². The van der Waals surface area contributed by atoms with Gasteiger partial charge in [-0.1, -0.05) is 18.2 Å². The quantitative estimate of drug-likeness (QED) is 0.674. The number of nitrogens with zero attached hydrogens (tertiary/aromatic N) is 3. The lowest BCUT2D eigenvalue weighted by Gasteiger charge is -2.29. The Balaban J connectivity index is 1.40. The van der Waals surface area contributed by atoms with Crippen LogP contribution in [0.3, 0.4) is 0 Å². The molecule has 1 aromatic carbocycles. The first-order valence-electron chi connectivity index (χ1n) is 10.3. The highest BCUT2D eigenvalue weighted by molar-refractivity contribution is 5.60. The van der Waals surface area contributed by atoms with Gasteiger partial charge < -0.3 is 20.5 Å². The van der Waals surface area contributed by atoms with Crippen LogP contribution in [-0.4, -0.2) is 28.7 Å². The average Bonchev–Trinajstić information content (AvgIpc) is 3.16. The van der Waals surface area contributed by atoms with Gasteiger partial charge in [-0.25, -0.2) is 15.0 Å². The highest BCUT2D eigenvalue weighted by atomic mass is 16.5. The summed E-state index contributed by atoms with van der Waals surface area (Å²) in [4.78, 5) is 14.0. The van der Waals surface area contributed by atoms with Gasteiger partial charge in [-0.3, -0.25) is 0 Å². The summed E-state index contributed by atoms with van der Waals surface area (Å²) < 4.78 is 11.3. The molecule has 2 unspecified atom stereocenters. The topological polar surface area (TPSA) is 95.2 Å². The van der Waals surface area contributed by atoms with Crippen molar-refractivity contribution >= 4 is 11.9 Å². The molecule has 3 aromatic rings. The Labute approximate surface area is 181 Å². The van der Waals surface area contributed by atoms with Gasteiger partial charge >= 0.3 is 0 Å². The first-order valence-corrected chi connectivity index (χ1v) is 10.3. The SMILES string of the molecule is COc1cccc2c1C(Nc1ccc3c(n1)C=CC(N)(c1nc(C)cc(C)n1)C3)CO2. The minimum absolute atomic E-state index is 0.0264. The second-order valence-corrected chi connectivity index (χ2v) is 8.15. The molecular formula is C24H25N5O2. The normalized spacial score (nSPS) is 21.2. The summed E-state index contributed by atoms with van der Waals surface area (Å²) in [6.07, 6.45) is 4.51. The van der Waals surface area contributed by atoms with Crippen molar-refractivity contribution in [3.8, 4) is 11.5 Å². The van der Waals surface area contributed by atoms with E-state index in [2.05, 4.69) is 21.4 Å². The number of anilines is 1. The molecule has 0 fully saturated rings. The molecule has 1 aliphatic carbocycles. The van der Waals surface area contributed by atoms with Gasteiger partial charge in [0.05, 0.1) is 29.9 Å². The van der Waals surface area contributed by atoms with E-state index in [-0.39, 0.29) is 6.04 Å². The molecule has 7 nitrogen and oxygen atoms in total. The molecule has 3 heterocycles. The molecule has 31 heavy (non-hydrogen) atoms. The van der Waals surface area contributed by atoms with Crippen molar-refractivity contribution in [3.63, 3.8) is 0 Å². The summed E-state index contributed by atoms with van der Waals surface area (Å²) in [5.74, 6) is 3.08. The minimum Gasteiger partial charge on any atom is -0.496 e. The average molecular weight is 415 g/mol. The largest absolute Gasteiger partial charge is 0.496 e. The predicted molar refractivity (Wildman–Crippen MR) is 119 cm³/mol. The number of nitrogens with one attached hydrogen (secondary N) is 1. The van der Waals surface area contributed by atoms with E-state index in [4.69, 9.17) is 20.2 Å². The second-order valence-electron chi connectivity index (χ2n) is 8.15. The van der Waals surface area contributed by atoms with Crippen LogP contribution in [-0.2, 0) is 12.0 Å². The number of aryl methyl sites for hydroxylation is 2. The van der Waals surface area contributed by atoms with E-state index in [0.29, 0.717) is 18.9 Å². The zero-order valence-corrected chi connectivity index (χ0v) is 17.8. The molecule has 0 radical (unpaired) electrons. The van der Waals surface area contributed by atoms with Crippen molar-refractivity contribution in [1.82, 2.24) is 15.0 Å². The molecule has 3 N–H and O–H groups in total. The van der Waals surface area contributed by atoms with E-state index < -0.39 is 5.54 Å². The van der Waals surface area contributed by atoms with Crippen LogP contribution in [0.25, 0.3) is 6.08 Å². The number of rotatable bonds is 4. The monoisotopic (exact) mass is 415 g/mol. The van der Waals surface area contributed by atoms with Crippen molar-refractivity contribution in [2.24, 2.45) is 5.73 Å². The molecule has 2 aromatic heterocycles. The van der Waals surface area contributed by atoms with Gasteiger partial charge in [0.1, 0.15) is 23.9 Å². The number of fused-ring (bicyclic) bond motifs is 2. The number of benzene rings is 1. The fourth-order valence-corrected chi connectivity index (χ4v) is 4.29. The van der Waals surface area contributed by atoms with Crippen LogP contribution in [0.15, 0.2) is 42.5 Å². The highest BCUT2D eigenvalue weighted by Gasteiger charge is 2.33. The third kappa shape index (κ3) is 3.51. The van der Waals surface area contributed by atoms with Gasteiger partial charge in [-0.05, 0) is 49.8 Å². The molecular weight excluding hydrogens is 390 g/mol. The molecule has 0 saturated carbocycles. The number of hydrogen-bond acceptors (Lipinski definition) is 7. The van der Waals surface area contributed by atoms with Crippen LogP contribution in [0.5, 0.6) is 11.5 Å². The van der Waals surface area contributed by atoms with E-state index in [1.807, 2.05) is 56.3 Å². The number of ether oxygens (including phenoxy) is 2. The fraction of sp³-hybridized carbons (Fsp3) is 0.292. The van der Waals surface area contributed by atoms with E-state index in [1.165, 1.54) is 0 Å². The number of nitrogens with two attached hydrogens (primary N) is 1. The van der Waals surface area contributed by atoms with Crippen molar-refractivity contribution in [1.29, 1.82) is 0 Å². The lowest BCUT2D eigenvalue weighted by atomic mass is 9.85. The fourth-order valence-electron chi connectivity index (χ4n) is 4.29. The number of methoxy groups -OCH3 is 1. The summed E-state index contributed by atoms with van der Waals surface area (Å²) in [6.45, 7) is 4.45. The van der Waals surface area contributed by atoms with Crippen LogP contribution < -0.4 is 20.5 Å². The zero-order chi connectivity index (χ0) is 21.6. The van der Waals surface area contributed by atoms with Gasteiger partial charge in [0.2, 0.25) is 0 Å². The standard InChI is InChI=1S/C24H25N5O2/c1-14-11-15(2)27-23(26-14)24(25)10-9-17-16(12-24)7-8-21(28-17)29-18-13-31-20-6-4-5-19(30-3)22(18)20/h4-11,18H,12-13,25H2,1-3H3,(H,28,29). The van der Waals surface area contributed by atoms with E-state index in [9.17, 15) is 0 Å². The van der Waals surface area contributed by atoms with Crippen LogP contribution in [0.4, 0.5) is 5.82 Å². The second kappa shape index (κ2) is 7.35. The first-order chi connectivity index (χ1) is 14.9. The lowest BCUT2D eigenvalue weighted by Crippen LogP contribution is -2.40. The van der Waals surface area contributed by atoms with Crippen molar-refractivity contribution in [2.45, 2.75) is 31.8 Å². The summed E-state index contributed by atoms with van der Waals surface area (Å²) >= 11 is 0. The van der Waals surface area contributed by atoms with Crippen LogP contribution >= 0.6 is 0 Å². The van der Waals surface area contributed by atoms with Crippen molar-refractivity contribution < 1.29 is 9.47 Å². The summed E-state index contributed by atoms with van der Waals surface area (Å²) in [5, 5.41) is 3.48. The van der Waals surface area contributed by atoms with Gasteiger partial charge in [0.15, 0.2) is 5.82 Å². The maximum absolute atomic E-state index is 6.70. The van der Waals surface area contributed by atoms with Crippen molar-refractivity contribution in [3.05, 3.63) is 76.5 Å². The first kappa shape index (κ1) is 19.5. The summed E-state index contributed by atoms with van der Waals surface area (Å²) in [7, 11) is 1.67. The molecule has 2 aliphatic rings. The Morgan fingerprint density at radius 1 is 1.13 bits per heavy atom. The number of aromatic nitrogens is 3. The number of hydrogen-bond donors (Lipinski definition) is 2. The minimum atomic E-state index is -0.744. The molecule has 0 saturated heterocycles.